The number of pyridine rings is 1. The average molecular weight is 290 g/mol. The van der Waals surface area contributed by atoms with Gasteiger partial charge in [-0.3, -0.25) is 4.98 Å². The number of anilines is 1. The quantitative estimate of drug-likeness (QED) is 0.780. The van der Waals surface area contributed by atoms with E-state index in [2.05, 4.69) is 10.1 Å². The van der Waals surface area contributed by atoms with Crippen LogP contribution in [0.15, 0.2) is 47.2 Å². The fraction of sp³-hybridized carbons (Fsp3) is 0. The molecule has 2 aromatic heterocycles. The second kappa shape index (κ2) is 4.94. The van der Waals surface area contributed by atoms with E-state index >= 15 is 0 Å². The minimum absolute atomic E-state index is 0.0174. The van der Waals surface area contributed by atoms with Crippen LogP contribution in [-0.4, -0.2) is 10.1 Å². The van der Waals surface area contributed by atoms with Crippen molar-refractivity contribution in [1.29, 1.82) is 0 Å². The van der Waals surface area contributed by atoms with Gasteiger partial charge in [0.05, 0.1) is 10.6 Å². The third-order valence-corrected chi connectivity index (χ3v) is 3.19. The van der Waals surface area contributed by atoms with E-state index in [4.69, 9.17) is 21.9 Å². The van der Waals surface area contributed by atoms with Crippen LogP contribution in [0.4, 0.5) is 10.3 Å². The number of rotatable bonds is 2. The van der Waals surface area contributed by atoms with Gasteiger partial charge in [0, 0.05) is 23.5 Å². The predicted octanol–water partition coefficient (Wildman–Crippen LogP) is 3.78. The number of nitrogens with zero attached hydrogens (tertiary/aromatic N) is 2. The van der Waals surface area contributed by atoms with Crippen molar-refractivity contribution in [2.45, 2.75) is 0 Å². The zero-order valence-corrected chi connectivity index (χ0v) is 10.9. The monoisotopic (exact) mass is 289 g/mol. The minimum Gasteiger partial charge on any atom is -0.367 e. The van der Waals surface area contributed by atoms with Crippen LogP contribution in [0.5, 0.6) is 0 Å². The van der Waals surface area contributed by atoms with Crippen LogP contribution in [0.2, 0.25) is 5.02 Å². The minimum atomic E-state index is -0.556. The van der Waals surface area contributed by atoms with Gasteiger partial charge in [-0.1, -0.05) is 28.9 Å². The van der Waals surface area contributed by atoms with Gasteiger partial charge in [0.1, 0.15) is 11.5 Å². The Kier molecular flexibility index (Phi) is 3.12. The number of nitrogen functional groups attached to an aromatic ring is 1. The highest BCUT2D eigenvalue weighted by molar-refractivity contribution is 6.31. The maximum Gasteiger partial charge on any atom is 0.230 e. The van der Waals surface area contributed by atoms with E-state index in [0.29, 0.717) is 11.3 Å². The predicted molar refractivity (Wildman–Crippen MR) is 74.6 cm³/mol. The van der Waals surface area contributed by atoms with Gasteiger partial charge in [-0.2, -0.15) is 0 Å². The highest BCUT2D eigenvalue weighted by Gasteiger charge is 2.21. The van der Waals surface area contributed by atoms with E-state index in [-0.39, 0.29) is 16.5 Å². The second-order valence-corrected chi connectivity index (χ2v) is 4.51. The first kappa shape index (κ1) is 12.6. The summed E-state index contributed by atoms with van der Waals surface area (Å²) in [6, 6.07) is 8.17. The van der Waals surface area contributed by atoms with Crippen LogP contribution in [-0.2, 0) is 0 Å². The van der Waals surface area contributed by atoms with Gasteiger partial charge in [-0.25, -0.2) is 4.39 Å². The SMILES string of the molecule is Nc1onc(-c2ccncc2)c1-c1cccc(Cl)c1F. The molecule has 0 saturated carbocycles. The number of hydrogen-bond acceptors (Lipinski definition) is 4. The summed E-state index contributed by atoms with van der Waals surface area (Å²) in [4.78, 5) is 3.93. The van der Waals surface area contributed by atoms with Crippen molar-refractivity contribution in [2.24, 2.45) is 0 Å². The highest BCUT2D eigenvalue weighted by atomic mass is 35.5. The summed E-state index contributed by atoms with van der Waals surface area (Å²) in [5.41, 5.74) is 7.59. The Labute approximate surface area is 119 Å². The molecule has 4 nitrogen and oxygen atoms in total. The molecule has 0 saturated heterocycles. The molecule has 1 aromatic carbocycles. The fourth-order valence-corrected chi connectivity index (χ4v) is 2.14. The van der Waals surface area contributed by atoms with E-state index in [1.807, 2.05) is 0 Å². The molecular weight excluding hydrogens is 281 g/mol. The van der Waals surface area contributed by atoms with Crippen molar-refractivity contribution in [3.8, 4) is 22.4 Å². The zero-order chi connectivity index (χ0) is 14.1. The Morgan fingerprint density at radius 3 is 2.65 bits per heavy atom. The molecule has 2 heterocycles. The molecule has 20 heavy (non-hydrogen) atoms. The van der Waals surface area contributed by atoms with Gasteiger partial charge in [0.25, 0.3) is 0 Å². The molecule has 3 aromatic rings. The molecule has 0 aliphatic carbocycles. The fourth-order valence-electron chi connectivity index (χ4n) is 1.97. The average Bonchev–Trinajstić information content (AvgIpc) is 2.85. The van der Waals surface area contributed by atoms with E-state index in [9.17, 15) is 4.39 Å². The number of benzene rings is 1. The van der Waals surface area contributed by atoms with Crippen LogP contribution in [0.1, 0.15) is 0 Å². The first-order valence-electron chi connectivity index (χ1n) is 5.78. The molecule has 0 spiro atoms. The lowest BCUT2D eigenvalue weighted by molar-refractivity contribution is 0.439. The molecule has 0 aliphatic heterocycles. The summed E-state index contributed by atoms with van der Waals surface area (Å²) < 4.78 is 19.2. The molecule has 0 bridgehead atoms. The molecule has 0 amide bonds. The highest BCUT2D eigenvalue weighted by Crippen LogP contribution is 2.38. The standard InChI is InChI=1S/C14H9ClFN3O/c15-10-3-1-2-9(12(10)16)11-13(19-20-14(11)17)8-4-6-18-7-5-8/h1-7H,17H2. The second-order valence-electron chi connectivity index (χ2n) is 4.11. The molecule has 0 atom stereocenters. The number of aromatic nitrogens is 2. The molecular formula is C14H9ClFN3O. The lowest BCUT2D eigenvalue weighted by atomic mass is 10.0. The Balaban J connectivity index is 2.25. The van der Waals surface area contributed by atoms with Crippen LogP contribution in [0, 0.1) is 5.82 Å². The van der Waals surface area contributed by atoms with Crippen molar-refractivity contribution in [3.63, 3.8) is 0 Å². The largest absolute Gasteiger partial charge is 0.367 e. The van der Waals surface area contributed by atoms with Crippen LogP contribution >= 0.6 is 11.6 Å². The molecule has 3 rings (SSSR count). The Hall–Kier alpha value is -2.40. The Morgan fingerprint density at radius 1 is 1.15 bits per heavy atom. The normalized spacial score (nSPS) is 10.7. The van der Waals surface area contributed by atoms with E-state index in [1.54, 1.807) is 36.7 Å². The van der Waals surface area contributed by atoms with Crippen molar-refractivity contribution in [3.05, 3.63) is 53.6 Å². The topological polar surface area (TPSA) is 64.9 Å². The smallest absolute Gasteiger partial charge is 0.230 e. The first-order valence-corrected chi connectivity index (χ1v) is 6.16. The summed E-state index contributed by atoms with van der Waals surface area (Å²) in [7, 11) is 0. The van der Waals surface area contributed by atoms with E-state index < -0.39 is 5.82 Å². The summed E-state index contributed by atoms with van der Waals surface area (Å²) in [6.45, 7) is 0. The number of halogens is 2. The molecule has 0 fully saturated rings. The summed E-state index contributed by atoms with van der Waals surface area (Å²) in [6.07, 6.45) is 3.22. The maximum atomic E-state index is 14.2. The third-order valence-electron chi connectivity index (χ3n) is 2.89. The van der Waals surface area contributed by atoms with Crippen molar-refractivity contribution in [1.82, 2.24) is 10.1 Å². The molecule has 100 valence electrons. The number of hydrogen-bond donors (Lipinski definition) is 1. The van der Waals surface area contributed by atoms with Gasteiger partial charge >= 0.3 is 0 Å². The van der Waals surface area contributed by atoms with Crippen LogP contribution < -0.4 is 5.73 Å². The molecule has 2 N–H and O–H groups in total. The third kappa shape index (κ3) is 2.02. The maximum absolute atomic E-state index is 14.2. The first-order chi connectivity index (χ1) is 9.68. The van der Waals surface area contributed by atoms with Gasteiger partial charge < -0.3 is 10.3 Å². The molecule has 6 heteroatoms. The van der Waals surface area contributed by atoms with Gasteiger partial charge in [0.2, 0.25) is 5.88 Å². The Bertz CT molecular complexity index is 758. The van der Waals surface area contributed by atoms with Crippen molar-refractivity contribution < 1.29 is 8.91 Å². The van der Waals surface area contributed by atoms with Gasteiger partial charge in [0.15, 0.2) is 0 Å². The van der Waals surface area contributed by atoms with Crippen LogP contribution in [0.25, 0.3) is 22.4 Å². The summed E-state index contributed by atoms with van der Waals surface area (Å²) in [5, 5.41) is 3.91. The summed E-state index contributed by atoms with van der Waals surface area (Å²) in [5.74, 6) is -0.516. The van der Waals surface area contributed by atoms with E-state index in [1.165, 1.54) is 6.07 Å². The molecule has 0 unspecified atom stereocenters. The van der Waals surface area contributed by atoms with Crippen molar-refractivity contribution >= 4 is 17.5 Å². The van der Waals surface area contributed by atoms with E-state index in [0.717, 1.165) is 5.56 Å². The molecule has 0 radical (unpaired) electrons. The van der Waals surface area contributed by atoms with Gasteiger partial charge in [-0.05, 0) is 18.2 Å². The van der Waals surface area contributed by atoms with Gasteiger partial charge in [-0.15, -0.1) is 0 Å². The summed E-state index contributed by atoms with van der Waals surface area (Å²) >= 11 is 5.80. The number of nitrogens with two attached hydrogens (primary N) is 1. The lowest BCUT2D eigenvalue weighted by Crippen LogP contribution is -1.91. The lowest BCUT2D eigenvalue weighted by Gasteiger charge is -2.05. The van der Waals surface area contributed by atoms with Crippen LogP contribution in [0.3, 0.4) is 0 Å². The zero-order valence-electron chi connectivity index (χ0n) is 10.2. The Morgan fingerprint density at radius 2 is 1.90 bits per heavy atom. The molecule has 0 aliphatic rings. The van der Waals surface area contributed by atoms with Crippen molar-refractivity contribution in [2.75, 3.05) is 5.73 Å².